The first kappa shape index (κ1) is 35.4. The zero-order chi connectivity index (χ0) is 40.3. The molecule has 1 aliphatic carbocycles. The van der Waals surface area contributed by atoms with Crippen LogP contribution in [0.1, 0.15) is 22.3 Å². The Morgan fingerprint density at radius 2 is 0.918 bits per heavy atom. The second-order valence-corrected chi connectivity index (χ2v) is 17.0. The SMILES string of the molecule is c1ccc(C2(c3ccccc3)c3ccccc3-c3c(N(c4cccc(-c5cccc6sc7ccccc7c56)c4)c4ccccc4-c4cccc5ccccc45)cccc32)cc1. The fraction of sp³-hybridized carbons (Fsp3) is 0.0169. The number of rotatable bonds is 7. The third-order valence-corrected chi connectivity index (χ3v) is 13.9. The van der Waals surface area contributed by atoms with E-state index in [1.54, 1.807) is 0 Å². The topological polar surface area (TPSA) is 3.24 Å². The highest BCUT2D eigenvalue weighted by Crippen LogP contribution is 2.60. The molecule has 0 aliphatic heterocycles. The first-order valence-electron chi connectivity index (χ1n) is 21.0. The van der Waals surface area contributed by atoms with E-state index in [2.05, 4.69) is 241 Å². The lowest BCUT2D eigenvalue weighted by molar-refractivity contribution is 0.768. The molecule has 1 heterocycles. The minimum Gasteiger partial charge on any atom is -0.309 e. The summed E-state index contributed by atoms with van der Waals surface area (Å²) in [5.41, 5.74) is 15.2. The highest BCUT2D eigenvalue weighted by atomic mass is 32.1. The van der Waals surface area contributed by atoms with Crippen LogP contribution >= 0.6 is 11.3 Å². The molecule has 1 nitrogen and oxygen atoms in total. The Balaban J connectivity index is 1.17. The molecule has 61 heavy (non-hydrogen) atoms. The van der Waals surface area contributed by atoms with E-state index in [1.807, 2.05) is 11.3 Å². The van der Waals surface area contributed by atoms with Crippen LogP contribution in [0.4, 0.5) is 17.1 Å². The lowest BCUT2D eigenvalue weighted by atomic mass is 9.68. The Morgan fingerprint density at radius 1 is 0.361 bits per heavy atom. The molecule has 0 N–H and O–H groups in total. The molecule has 2 heteroatoms. The Bertz CT molecular complexity index is 3390. The van der Waals surface area contributed by atoms with E-state index < -0.39 is 5.41 Å². The van der Waals surface area contributed by atoms with Crippen LogP contribution in [-0.4, -0.2) is 0 Å². The van der Waals surface area contributed by atoms with Gasteiger partial charge in [0.1, 0.15) is 0 Å². The molecule has 10 aromatic carbocycles. The van der Waals surface area contributed by atoms with Gasteiger partial charge >= 0.3 is 0 Å². The predicted octanol–water partition coefficient (Wildman–Crippen LogP) is 16.4. The van der Waals surface area contributed by atoms with Crippen LogP contribution < -0.4 is 4.90 Å². The van der Waals surface area contributed by atoms with Gasteiger partial charge in [0.05, 0.1) is 16.8 Å². The zero-order valence-corrected chi connectivity index (χ0v) is 34.2. The molecule has 0 amide bonds. The third-order valence-electron chi connectivity index (χ3n) is 12.7. The van der Waals surface area contributed by atoms with Crippen LogP contribution in [0, 0.1) is 0 Å². The molecule has 0 fully saturated rings. The smallest absolute Gasteiger partial charge is 0.0714 e. The van der Waals surface area contributed by atoms with E-state index in [0.29, 0.717) is 0 Å². The molecule has 0 spiro atoms. The van der Waals surface area contributed by atoms with Gasteiger partial charge in [-0.3, -0.25) is 0 Å². The Kier molecular flexibility index (Phi) is 8.33. The number of hydrogen-bond donors (Lipinski definition) is 0. The summed E-state index contributed by atoms with van der Waals surface area (Å²) in [6.07, 6.45) is 0. The number of fused-ring (bicyclic) bond motifs is 7. The van der Waals surface area contributed by atoms with Crippen molar-refractivity contribution in [3.05, 3.63) is 259 Å². The maximum absolute atomic E-state index is 2.54. The van der Waals surface area contributed by atoms with Crippen molar-refractivity contribution in [2.45, 2.75) is 5.41 Å². The van der Waals surface area contributed by atoms with Crippen molar-refractivity contribution in [1.82, 2.24) is 0 Å². The van der Waals surface area contributed by atoms with E-state index in [0.717, 1.165) is 17.1 Å². The van der Waals surface area contributed by atoms with E-state index in [4.69, 9.17) is 0 Å². The predicted molar refractivity (Wildman–Crippen MR) is 260 cm³/mol. The Hall–Kier alpha value is -7.52. The van der Waals surface area contributed by atoms with E-state index >= 15 is 0 Å². The summed E-state index contributed by atoms with van der Waals surface area (Å²) in [6, 6.07) is 87.4. The van der Waals surface area contributed by atoms with Crippen molar-refractivity contribution in [2.24, 2.45) is 0 Å². The summed E-state index contributed by atoms with van der Waals surface area (Å²) in [7, 11) is 0. The van der Waals surface area contributed by atoms with Crippen LogP contribution in [-0.2, 0) is 5.41 Å². The van der Waals surface area contributed by atoms with Gasteiger partial charge in [-0.05, 0) is 91.7 Å². The van der Waals surface area contributed by atoms with Gasteiger partial charge < -0.3 is 4.90 Å². The van der Waals surface area contributed by atoms with Gasteiger partial charge in [-0.1, -0.05) is 200 Å². The maximum Gasteiger partial charge on any atom is 0.0714 e. The summed E-state index contributed by atoms with van der Waals surface area (Å²) in [5, 5.41) is 5.08. The minimum absolute atomic E-state index is 0.525. The van der Waals surface area contributed by atoms with Crippen LogP contribution in [0.3, 0.4) is 0 Å². The van der Waals surface area contributed by atoms with Crippen LogP contribution in [0.25, 0.3) is 64.3 Å². The van der Waals surface area contributed by atoms with Crippen molar-refractivity contribution >= 4 is 59.3 Å². The Labute approximate surface area is 360 Å². The molecular weight excluding hydrogens is 755 g/mol. The number of para-hydroxylation sites is 1. The molecule has 1 aromatic heterocycles. The first-order chi connectivity index (χ1) is 30.3. The molecule has 0 bridgehead atoms. The third kappa shape index (κ3) is 5.46. The van der Waals surface area contributed by atoms with Gasteiger partial charge in [0, 0.05) is 37.0 Å². The number of hydrogen-bond acceptors (Lipinski definition) is 2. The van der Waals surface area contributed by atoms with Gasteiger partial charge in [-0.15, -0.1) is 11.3 Å². The highest BCUT2D eigenvalue weighted by Gasteiger charge is 2.47. The fourth-order valence-electron chi connectivity index (χ4n) is 10.3. The molecule has 11 aromatic rings. The van der Waals surface area contributed by atoms with Crippen molar-refractivity contribution in [3.8, 4) is 33.4 Å². The molecule has 286 valence electrons. The second-order valence-electron chi connectivity index (χ2n) is 15.9. The molecule has 0 atom stereocenters. The minimum atomic E-state index is -0.525. The molecule has 0 radical (unpaired) electrons. The summed E-state index contributed by atoms with van der Waals surface area (Å²) in [4.78, 5) is 2.54. The average Bonchev–Trinajstić information content (AvgIpc) is 3.87. The fourth-order valence-corrected chi connectivity index (χ4v) is 11.4. The lowest BCUT2D eigenvalue weighted by Gasteiger charge is -2.34. The van der Waals surface area contributed by atoms with Crippen molar-refractivity contribution in [3.63, 3.8) is 0 Å². The second kappa shape index (κ2) is 14.3. The summed E-state index contributed by atoms with van der Waals surface area (Å²) in [5.74, 6) is 0. The molecule has 0 unspecified atom stereocenters. The molecule has 1 aliphatic rings. The van der Waals surface area contributed by atoms with Crippen molar-refractivity contribution in [1.29, 1.82) is 0 Å². The van der Waals surface area contributed by atoms with E-state index in [-0.39, 0.29) is 0 Å². The van der Waals surface area contributed by atoms with Gasteiger partial charge in [0.15, 0.2) is 0 Å². The largest absolute Gasteiger partial charge is 0.309 e. The molecule has 0 saturated heterocycles. The summed E-state index contributed by atoms with van der Waals surface area (Å²) in [6.45, 7) is 0. The number of anilines is 3. The van der Waals surface area contributed by atoms with Gasteiger partial charge in [-0.2, -0.15) is 0 Å². The quantitative estimate of drug-likeness (QED) is 0.155. The molecular formula is C59H39NS. The normalized spacial score (nSPS) is 12.7. The lowest BCUT2D eigenvalue weighted by Crippen LogP contribution is -2.28. The van der Waals surface area contributed by atoms with E-state index in [9.17, 15) is 0 Å². The zero-order valence-electron chi connectivity index (χ0n) is 33.4. The maximum atomic E-state index is 2.54. The first-order valence-corrected chi connectivity index (χ1v) is 21.8. The Morgan fingerprint density at radius 3 is 1.75 bits per heavy atom. The van der Waals surface area contributed by atoms with Crippen LogP contribution in [0.5, 0.6) is 0 Å². The number of benzene rings is 10. The van der Waals surface area contributed by atoms with Gasteiger partial charge in [-0.25, -0.2) is 0 Å². The standard InChI is InChI=1S/C59H39NS/c1-3-22-42(23-4-1)59(43-24-5-2-6-25-43)51-33-12-9-29-49(51)58-52(59)34-18-36-54(58)60(53-35-13-10-28-48(53)47-32-16-20-40-19-7-8-27-45(40)47)44-26-15-21-41(39-44)46-31-17-38-56-57(46)50-30-11-14-37-55(50)61-56/h1-39H. The van der Waals surface area contributed by atoms with Crippen molar-refractivity contribution < 1.29 is 0 Å². The molecule has 12 rings (SSSR count). The van der Waals surface area contributed by atoms with Crippen molar-refractivity contribution in [2.75, 3.05) is 4.90 Å². The van der Waals surface area contributed by atoms with Crippen LogP contribution in [0.15, 0.2) is 237 Å². The average molecular weight is 794 g/mol. The van der Waals surface area contributed by atoms with Crippen LogP contribution in [0.2, 0.25) is 0 Å². The highest BCUT2D eigenvalue weighted by molar-refractivity contribution is 7.25. The monoisotopic (exact) mass is 793 g/mol. The van der Waals surface area contributed by atoms with Gasteiger partial charge in [0.2, 0.25) is 0 Å². The van der Waals surface area contributed by atoms with E-state index in [1.165, 1.54) is 86.6 Å². The number of thiophene rings is 1. The molecule has 0 saturated carbocycles. The summed E-state index contributed by atoms with van der Waals surface area (Å²) < 4.78 is 2.61. The van der Waals surface area contributed by atoms with Gasteiger partial charge in [0.25, 0.3) is 0 Å². The number of nitrogens with zero attached hydrogens (tertiary/aromatic N) is 1. The summed E-state index contributed by atoms with van der Waals surface area (Å²) >= 11 is 1.87.